The van der Waals surface area contributed by atoms with E-state index in [0.29, 0.717) is 18.9 Å². The van der Waals surface area contributed by atoms with E-state index in [1.165, 1.54) is 6.92 Å². The van der Waals surface area contributed by atoms with Gasteiger partial charge in [-0.1, -0.05) is 19.9 Å². The van der Waals surface area contributed by atoms with Gasteiger partial charge in [-0.2, -0.15) is 0 Å². The SMILES string of the molecule is CCOc1ccc(CC(C)(C)CN)cc1NC(C)=O. The van der Waals surface area contributed by atoms with Crippen LogP contribution in [-0.4, -0.2) is 19.1 Å². The molecule has 0 heterocycles. The van der Waals surface area contributed by atoms with Crippen LogP contribution in [0.1, 0.15) is 33.3 Å². The van der Waals surface area contributed by atoms with Crippen molar-refractivity contribution in [3.05, 3.63) is 23.8 Å². The highest BCUT2D eigenvalue weighted by atomic mass is 16.5. The number of hydrogen-bond donors (Lipinski definition) is 2. The van der Waals surface area contributed by atoms with Crippen LogP contribution in [0.2, 0.25) is 0 Å². The normalized spacial score (nSPS) is 11.2. The second-order valence-corrected chi connectivity index (χ2v) is 5.49. The second-order valence-electron chi connectivity index (χ2n) is 5.49. The molecule has 0 aliphatic rings. The zero-order chi connectivity index (χ0) is 14.5. The zero-order valence-electron chi connectivity index (χ0n) is 12.2. The van der Waals surface area contributed by atoms with Crippen molar-refractivity contribution in [2.45, 2.75) is 34.1 Å². The van der Waals surface area contributed by atoms with E-state index in [-0.39, 0.29) is 11.3 Å². The Morgan fingerprint density at radius 1 is 1.42 bits per heavy atom. The molecule has 0 aromatic heterocycles. The molecule has 0 aliphatic carbocycles. The molecule has 0 spiro atoms. The number of hydrogen-bond acceptors (Lipinski definition) is 3. The van der Waals surface area contributed by atoms with E-state index in [9.17, 15) is 4.79 Å². The zero-order valence-corrected chi connectivity index (χ0v) is 12.2. The van der Waals surface area contributed by atoms with Crippen LogP contribution in [0, 0.1) is 5.41 Å². The van der Waals surface area contributed by atoms with Crippen molar-refractivity contribution in [1.29, 1.82) is 0 Å². The number of carbonyl (C=O) groups excluding carboxylic acids is 1. The van der Waals surface area contributed by atoms with Crippen LogP contribution in [0.5, 0.6) is 5.75 Å². The van der Waals surface area contributed by atoms with Gasteiger partial charge in [0.25, 0.3) is 0 Å². The molecule has 0 saturated heterocycles. The fraction of sp³-hybridized carbons (Fsp3) is 0.533. The van der Waals surface area contributed by atoms with Gasteiger partial charge < -0.3 is 15.8 Å². The van der Waals surface area contributed by atoms with E-state index in [0.717, 1.165) is 17.7 Å². The minimum Gasteiger partial charge on any atom is -0.492 e. The lowest BCUT2D eigenvalue weighted by atomic mass is 9.86. The highest BCUT2D eigenvalue weighted by Crippen LogP contribution is 2.29. The van der Waals surface area contributed by atoms with Gasteiger partial charge in [0.1, 0.15) is 5.75 Å². The first-order chi connectivity index (χ1) is 8.88. The van der Waals surface area contributed by atoms with Crippen LogP contribution in [0.15, 0.2) is 18.2 Å². The first kappa shape index (κ1) is 15.5. The third-order valence-corrected chi connectivity index (χ3v) is 2.89. The van der Waals surface area contributed by atoms with E-state index in [1.807, 2.05) is 25.1 Å². The Labute approximate surface area is 115 Å². The summed E-state index contributed by atoms with van der Waals surface area (Å²) in [5.41, 5.74) is 7.66. The summed E-state index contributed by atoms with van der Waals surface area (Å²) in [6.45, 7) is 8.86. The van der Waals surface area contributed by atoms with Crippen molar-refractivity contribution in [3.63, 3.8) is 0 Å². The quantitative estimate of drug-likeness (QED) is 0.830. The Morgan fingerprint density at radius 2 is 2.11 bits per heavy atom. The molecule has 0 unspecified atom stereocenters. The third-order valence-electron chi connectivity index (χ3n) is 2.89. The molecule has 0 saturated carbocycles. The Bertz CT molecular complexity index is 442. The standard InChI is InChI=1S/C15H24N2O2/c1-5-19-14-7-6-12(9-15(3,4)10-16)8-13(14)17-11(2)18/h6-8H,5,9-10,16H2,1-4H3,(H,17,18). The lowest BCUT2D eigenvalue weighted by Crippen LogP contribution is -2.26. The van der Waals surface area contributed by atoms with Crippen LogP contribution in [0.4, 0.5) is 5.69 Å². The van der Waals surface area contributed by atoms with Gasteiger partial charge in [0.05, 0.1) is 12.3 Å². The van der Waals surface area contributed by atoms with Crippen LogP contribution in [0.25, 0.3) is 0 Å². The minimum absolute atomic E-state index is 0.0423. The molecule has 4 nitrogen and oxygen atoms in total. The molecular weight excluding hydrogens is 240 g/mol. The molecule has 106 valence electrons. The molecule has 0 fully saturated rings. The van der Waals surface area contributed by atoms with E-state index in [4.69, 9.17) is 10.5 Å². The van der Waals surface area contributed by atoms with E-state index in [2.05, 4.69) is 19.2 Å². The summed E-state index contributed by atoms with van der Waals surface area (Å²) in [7, 11) is 0. The molecular formula is C15H24N2O2. The van der Waals surface area contributed by atoms with E-state index < -0.39 is 0 Å². The van der Waals surface area contributed by atoms with Gasteiger partial charge in [0.2, 0.25) is 5.91 Å². The summed E-state index contributed by atoms with van der Waals surface area (Å²) in [6, 6.07) is 5.88. The predicted octanol–water partition coefficient (Wildman–Crippen LogP) is 2.57. The van der Waals surface area contributed by atoms with E-state index >= 15 is 0 Å². The largest absolute Gasteiger partial charge is 0.492 e. The first-order valence-electron chi connectivity index (χ1n) is 6.61. The van der Waals surface area contributed by atoms with Crippen molar-refractivity contribution in [2.24, 2.45) is 11.1 Å². The number of rotatable bonds is 6. The smallest absolute Gasteiger partial charge is 0.221 e. The van der Waals surface area contributed by atoms with Crippen molar-refractivity contribution < 1.29 is 9.53 Å². The Hall–Kier alpha value is -1.55. The molecule has 0 radical (unpaired) electrons. The topological polar surface area (TPSA) is 64.3 Å². The number of benzene rings is 1. The molecule has 4 heteroatoms. The number of carbonyl (C=O) groups is 1. The van der Waals surface area contributed by atoms with Crippen molar-refractivity contribution in [2.75, 3.05) is 18.5 Å². The summed E-state index contributed by atoms with van der Waals surface area (Å²) in [5.74, 6) is 0.600. The summed E-state index contributed by atoms with van der Waals surface area (Å²) < 4.78 is 5.51. The van der Waals surface area contributed by atoms with E-state index in [1.54, 1.807) is 0 Å². The first-order valence-corrected chi connectivity index (χ1v) is 6.61. The molecule has 3 N–H and O–H groups in total. The number of amides is 1. The van der Waals surface area contributed by atoms with Gasteiger partial charge in [0, 0.05) is 6.92 Å². The number of nitrogens with one attached hydrogen (secondary N) is 1. The minimum atomic E-state index is -0.101. The fourth-order valence-electron chi connectivity index (χ4n) is 1.88. The number of ether oxygens (including phenoxy) is 1. The van der Waals surface area contributed by atoms with Crippen molar-refractivity contribution in [1.82, 2.24) is 0 Å². The predicted molar refractivity (Wildman–Crippen MR) is 78.5 cm³/mol. The average Bonchev–Trinajstić information content (AvgIpc) is 2.31. The highest BCUT2D eigenvalue weighted by molar-refractivity contribution is 5.90. The van der Waals surface area contributed by atoms with Crippen LogP contribution in [-0.2, 0) is 11.2 Å². The summed E-state index contributed by atoms with van der Waals surface area (Å²) >= 11 is 0. The molecule has 1 aromatic carbocycles. The third kappa shape index (κ3) is 4.91. The fourth-order valence-corrected chi connectivity index (χ4v) is 1.88. The molecule has 1 rings (SSSR count). The maximum Gasteiger partial charge on any atom is 0.221 e. The van der Waals surface area contributed by atoms with Crippen molar-refractivity contribution >= 4 is 11.6 Å². The summed E-state index contributed by atoms with van der Waals surface area (Å²) in [5, 5.41) is 2.81. The monoisotopic (exact) mass is 264 g/mol. The number of anilines is 1. The molecule has 0 aliphatic heterocycles. The van der Waals surface area contributed by atoms with Crippen LogP contribution in [0.3, 0.4) is 0 Å². The maximum absolute atomic E-state index is 11.2. The number of nitrogens with two attached hydrogens (primary N) is 1. The second kappa shape index (κ2) is 6.57. The summed E-state index contributed by atoms with van der Waals surface area (Å²) in [6.07, 6.45) is 0.864. The Kier molecular flexibility index (Phi) is 5.36. The Morgan fingerprint density at radius 3 is 2.63 bits per heavy atom. The lowest BCUT2D eigenvalue weighted by Gasteiger charge is -2.23. The van der Waals surface area contributed by atoms with Crippen LogP contribution < -0.4 is 15.8 Å². The average molecular weight is 264 g/mol. The molecule has 0 atom stereocenters. The lowest BCUT2D eigenvalue weighted by molar-refractivity contribution is -0.114. The highest BCUT2D eigenvalue weighted by Gasteiger charge is 2.17. The molecule has 1 aromatic rings. The van der Waals surface area contributed by atoms with Gasteiger partial charge >= 0.3 is 0 Å². The van der Waals surface area contributed by atoms with Gasteiger partial charge in [0.15, 0.2) is 0 Å². The van der Waals surface area contributed by atoms with Gasteiger partial charge in [-0.3, -0.25) is 4.79 Å². The molecule has 1 amide bonds. The van der Waals surface area contributed by atoms with Gasteiger partial charge in [-0.15, -0.1) is 0 Å². The van der Waals surface area contributed by atoms with Crippen LogP contribution >= 0.6 is 0 Å². The Balaban J connectivity index is 3.00. The summed E-state index contributed by atoms with van der Waals surface area (Å²) in [4.78, 5) is 11.2. The molecule has 0 bridgehead atoms. The van der Waals surface area contributed by atoms with Crippen molar-refractivity contribution in [3.8, 4) is 5.75 Å². The van der Waals surface area contributed by atoms with Gasteiger partial charge in [-0.25, -0.2) is 0 Å². The maximum atomic E-state index is 11.2. The molecule has 19 heavy (non-hydrogen) atoms. The van der Waals surface area contributed by atoms with Gasteiger partial charge in [-0.05, 0) is 43.0 Å².